The van der Waals surface area contributed by atoms with E-state index >= 15 is 0 Å². The lowest BCUT2D eigenvalue weighted by Gasteiger charge is -2.15. The molecule has 0 atom stereocenters. The van der Waals surface area contributed by atoms with E-state index in [0.717, 1.165) is 18.2 Å². The molecule has 0 saturated heterocycles. The molecule has 0 spiro atoms. The van der Waals surface area contributed by atoms with Crippen molar-refractivity contribution in [1.29, 1.82) is 0 Å². The monoisotopic (exact) mass is 251 g/mol. The lowest BCUT2D eigenvalue weighted by atomic mass is 10.3. The van der Waals surface area contributed by atoms with Gasteiger partial charge in [0, 0.05) is 30.4 Å². The molecule has 0 radical (unpaired) electrons. The highest BCUT2D eigenvalue weighted by molar-refractivity contribution is 7.80. The summed E-state index contributed by atoms with van der Waals surface area (Å²) in [5.74, 6) is 0.620. The van der Waals surface area contributed by atoms with Gasteiger partial charge in [-0.25, -0.2) is 4.98 Å². The average molecular weight is 251 g/mol. The number of hydrogen-bond donors (Lipinski definition) is 1. The lowest BCUT2D eigenvalue weighted by Crippen LogP contribution is -2.26. The molecule has 2 rings (SSSR count). The van der Waals surface area contributed by atoms with Crippen molar-refractivity contribution in [3.05, 3.63) is 23.9 Å². The molecule has 1 saturated carbocycles. The minimum absolute atomic E-state index is 0.359. The first kappa shape index (κ1) is 12.3. The van der Waals surface area contributed by atoms with Crippen LogP contribution in [0.25, 0.3) is 0 Å². The maximum atomic E-state index is 5.55. The van der Waals surface area contributed by atoms with Crippen LogP contribution >= 0.6 is 12.2 Å². The van der Waals surface area contributed by atoms with Crippen molar-refractivity contribution in [2.24, 2.45) is 5.73 Å². The van der Waals surface area contributed by atoms with Gasteiger partial charge in [0.1, 0.15) is 11.6 Å². The van der Waals surface area contributed by atoms with Crippen molar-refractivity contribution in [2.75, 3.05) is 20.2 Å². The molecule has 0 aromatic carbocycles. The summed E-state index contributed by atoms with van der Waals surface area (Å²) < 4.78 is 5.55. The molecule has 1 aromatic rings. The Balaban J connectivity index is 1.76. The van der Waals surface area contributed by atoms with Crippen molar-refractivity contribution in [1.82, 2.24) is 9.88 Å². The number of hydrogen-bond acceptors (Lipinski definition) is 4. The minimum atomic E-state index is 0.359. The van der Waals surface area contributed by atoms with Crippen molar-refractivity contribution >= 4 is 17.2 Å². The number of nitrogens with two attached hydrogens (primary N) is 1. The quantitative estimate of drug-likeness (QED) is 0.770. The lowest BCUT2D eigenvalue weighted by molar-refractivity contribution is 0.226. The van der Waals surface area contributed by atoms with Crippen LogP contribution in [0.4, 0.5) is 0 Å². The summed E-state index contributed by atoms with van der Waals surface area (Å²) in [5.41, 5.74) is 6.25. The van der Waals surface area contributed by atoms with Crippen LogP contribution in [0.3, 0.4) is 0 Å². The van der Waals surface area contributed by atoms with E-state index in [-0.39, 0.29) is 0 Å². The van der Waals surface area contributed by atoms with Crippen LogP contribution in [0.15, 0.2) is 18.3 Å². The van der Waals surface area contributed by atoms with Gasteiger partial charge >= 0.3 is 0 Å². The SMILES string of the molecule is CN(CCOc1ccc(C(N)=S)cn1)C1CC1. The van der Waals surface area contributed by atoms with Gasteiger partial charge in [0.2, 0.25) is 5.88 Å². The van der Waals surface area contributed by atoms with Gasteiger partial charge in [-0.2, -0.15) is 0 Å². The zero-order valence-electron chi connectivity index (χ0n) is 9.93. The Morgan fingerprint density at radius 2 is 2.35 bits per heavy atom. The van der Waals surface area contributed by atoms with E-state index in [2.05, 4.69) is 16.9 Å². The van der Waals surface area contributed by atoms with Gasteiger partial charge in [-0.05, 0) is 26.0 Å². The van der Waals surface area contributed by atoms with Gasteiger partial charge in [0.15, 0.2) is 0 Å². The molecule has 5 heteroatoms. The Morgan fingerprint density at radius 3 is 2.88 bits per heavy atom. The number of likely N-dealkylation sites (N-methyl/N-ethyl adjacent to an activating group) is 1. The van der Waals surface area contributed by atoms with Gasteiger partial charge in [-0.1, -0.05) is 12.2 Å². The molecule has 1 aliphatic rings. The number of nitrogens with zero attached hydrogens (tertiary/aromatic N) is 2. The summed E-state index contributed by atoms with van der Waals surface area (Å²) in [4.78, 5) is 6.83. The predicted octanol–water partition coefficient (Wildman–Crippen LogP) is 1.19. The zero-order chi connectivity index (χ0) is 12.3. The third-order valence-electron chi connectivity index (χ3n) is 2.89. The van der Waals surface area contributed by atoms with Gasteiger partial charge in [0.05, 0.1) is 0 Å². The maximum absolute atomic E-state index is 5.55. The Kier molecular flexibility index (Phi) is 3.91. The minimum Gasteiger partial charge on any atom is -0.476 e. The Hall–Kier alpha value is -1.20. The Bertz CT molecular complexity index is 389. The average Bonchev–Trinajstić information content (AvgIpc) is 3.13. The normalized spacial score (nSPS) is 14.9. The van der Waals surface area contributed by atoms with Crippen LogP contribution in [0.2, 0.25) is 0 Å². The summed E-state index contributed by atoms with van der Waals surface area (Å²) >= 11 is 4.85. The van der Waals surface area contributed by atoms with E-state index in [0.29, 0.717) is 17.5 Å². The summed E-state index contributed by atoms with van der Waals surface area (Å²) in [6, 6.07) is 4.39. The molecule has 1 heterocycles. The van der Waals surface area contributed by atoms with E-state index in [1.54, 1.807) is 12.3 Å². The largest absolute Gasteiger partial charge is 0.476 e. The van der Waals surface area contributed by atoms with Crippen molar-refractivity contribution in [3.63, 3.8) is 0 Å². The second kappa shape index (κ2) is 5.42. The first-order chi connectivity index (χ1) is 8.16. The third-order valence-corrected chi connectivity index (χ3v) is 3.12. The third kappa shape index (κ3) is 3.64. The fraction of sp³-hybridized carbons (Fsp3) is 0.500. The van der Waals surface area contributed by atoms with Gasteiger partial charge in [-0.3, -0.25) is 0 Å². The highest BCUT2D eigenvalue weighted by Crippen LogP contribution is 2.24. The second-order valence-electron chi connectivity index (χ2n) is 4.31. The summed E-state index contributed by atoms with van der Waals surface area (Å²) in [6.45, 7) is 1.59. The molecule has 0 unspecified atom stereocenters. The first-order valence-corrected chi connectivity index (χ1v) is 6.16. The molecular weight excluding hydrogens is 234 g/mol. The molecule has 1 aliphatic carbocycles. The highest BCUT2D eigenvalue weighted by atomic mass is 32.1. The molecule has 0 aliphatic heterocycles. The van der Waals surface area contributed by atoms with Crippen molar-refractivity contribution < 1.29 is 4.74 Å². The number of ether oxygens (including phenoxy) is 1. The molecule has 1 aromatic heterocycles. The van der Waals surface area contributed by atoms with E-state index in [9.17, 15) is 0 Å². The Morgan fingerprint density at radius 1 is 1.59 bits per heavy atom. The van der Waals surface area contributed by atoms with E-state index in [4.69, 9.17) is 22.7 Å². The maximum Gasteiger partial charge on any atom is 0.213 e. The van der Waals surface area contributed by atoms with Gasteiger partial charge in [0.25, 0.3) is 0 Å². The molecule has 1 fully saturated rings. The van der Waals surface area contributed by atoms with Crippen LogP contribution in [0, 0.1) is 0 Å². The van der Waals surface area contributed by atoms with Crippen LogP contribution in [0.5, 0.6) is 5.88 Å². The summed E-state index contributed by atoms with van der Waals surface area (Å²) in [5, 5.41) is 0. The van der Waals surface area contributed by atoms with Crippen LogP contribution in [-0.2, 0) is 0 Å². The van der Waals surface area contributed by atoms with Crippen LogP contribution in [-0.4, -0.2) is 41.1 Å². The smallest absolute Gasteiger partial charge is 0.213 e. The molecule has 2 N–H and O–H groups in total. The van der Waals surface area contributed by atoms with Crippen molar-refractivity contribution in [2.45, 2.75) is 18.9 Å². The predicted molar refractivity (Wildman–Crippen MR) is 71.3 cm³/mol. The standard InChI is InChI=1S/C12H17N3OS/c1-15(10-3-4-10)6-7-16-11-5-2-9(8-14-11)12(13)17/h2,5,8,10H,3-4,6-7H2,1H3,(H2,13,17). The van der Waals surface area contributed by atoms with E-state index < -0.39 is 0 Å². The Labute approximate surface area is 107 Å². The molecule has 17 heavy (non-hydrogen) atoms. The topological polar surface area (TPSA) is 51.4 Å². The van der Waals surface area contributed by atoms with E-state index in [1.807, 2.05) is 6.07 Å². The number of thiocarbonyl (C=S) groups is 1. The fourth-order valence-electron chi connectivity index (χ4n) is 1.60. The fourth-order valence-corrected chi connectivity index (χ4v) is 1.72. The number of rotatable bonds is 6. The van der Waals surface area contributed by atoms with Crippen LogP contribution in [0.1, 0.15) is 18.4 Å². The molecule has 92 valence electrons. The summed E-state index contributed by atoms with van der Waals surface area (Å²) in [7, 11) is 2.13. The number of pyridine rings is 1. The number of aromatic nitrogens is 1. The van der Waals surface area contributed by atoms with Gasteiger partial charge in [-0.15, -0.1) is 0 Å². The first-order valence-electron chi connectivity index (χ1n) is 5.75. The molecule has 0 bridgehead atoms. The second-order valence-corrected chi connectivity index (χ2v) is 4.75. The zero-order valence-corrected chi connectivity index (χ0v) is 10.7. The van der Waals surface area contributed by atoms with Gasteiger partial charge < -0.3 is 15.4 Å². The molecule has 0 amide bonds. The van der Waals surface area contributed by atoms with Crippen molar-refractivity contribution in [3.8, 4) is 5.88 Å². The van der Waals surface area contributed by atoms with E-state index in [1.165, 1.54) is 12.8 Å². The highest BCUT2D eigenvalue weighted by Gasteiger charge is 2.25. The summed E-state index contributed by atoms with van der Waals surface area (Å²) in [6.07, 6.45) is 4.27. The van der Waals surface area contributed by atoms with Crippen LogP contribution < -0.4 is 10.5 Å². The molecular formula is C12H17N3OS. The molecule has 4 nitrogen and oxygen atoms in total.